The Kier molecular flexibility index (Phi) is 3.51. The Balaban J connectivity index is 2.18. The first-order valence-corrected chi connectivity index (χ1v) is 5.87. The summed E-state index contributed by atoms with van der Waals surface area (Å²) in [5.41, 5.74) is 2.57. The molecule has 0 amide bonds. The van der Waals surface area contributed by atoms with Crippen LogP contribution in [0.25, 0.3) is 0 Å². The number of hydrogen-bond acceptors (Lipinski definition) is 2. The molecule has 0 spiro atoms. The fraction of sp³-hybridized carbons (Fsp3) is 0.200. The van der Waals surface area contributed by atoms with Crippen LogP contribution in [0, 0.1) is 12.7 Å². The van der Waals surface area contributed by atoms with Gasteiger partial charge in [0.2, 0.25) is 0 Å². The van der Waals surface area contributed by atoms with Crippen LogP contribution in [-0.2, 0) is 0 Å². The first-order valence-electron chi connectivity index (χ1n) is 5.87. The van der Waals surface area contributed by atoms with Gasteiger partial charge in [-0.2, -0.15) is 0 Å². The number of rotatable bonds is 3. The summed E-state index contributed by atoms with van der Waals surface area (Å²) in [7, 11) is 0. The Labute approximate surface area is 106 Å². The van der Waals surface area contributed by atoms with Gasteiger partial charge in [-0.3, -0.25) is 0 Å². The maximum Gasteiger partial charge on any atom is 0.125 e. The number of phenolic OH excluding ortho intramolecular Hbond substituents is 1. The molecular formula is C15H16FNO. The molecule has 0 bridgehead atoms. The molecule has 18 heavy (non-hydrogen) atoms. The van der Waals surface area contributed by atoms with Crippen molar-refractivity contribution in [3.63, 3.8) is 0 Å². The Morgan fingerprint density at radius 2 is 1.94 bits per heavy atom. The van der Waals surface area contributed by atoms with Crippen molar-refractivity contribution < 1.29 is 9.50 Å². The number of aromatic hydroxyl groups is 1. The van der Waals surface area contributed by atoms with Crippen molar-refractivity contribution >= 4 is 5.69 Å². The average molecular weight is 245 g/mol. The van der Waals surface area contributed by atoms with Crippen molar-refractivity contribution in [2.75, 3.05) is 5.32 Å². The molecule has 0 heterocycles. The predicted molar refractivity (Wildman–Crippen MR) is 71.3 cm³/mol. The summed E-state index contributed by atoms with van der Waals surface area (Å²) in [6, 6.07) is 11.9. The van der Waals surface area contributed by atoms with E-state index in [-0.39, 0.29) is 17.6 Å². The van der Waals surface area contributed by atoms with Crippen LogP contribution >= 0.6 is 0 Å². The normalized spacial score (nSPS) is 12.2. The third-order valence-corrected chi connectivity index (χ3v) is 2.80. The van der Waals surface area contributed by atoms with Gasteiger partial charge >= 0.3 is 0 Å². The number of halogens is 1. The molecule has 0 aliphatic carbocycles. The van der Waals surface area contributed by atoms with Crippen molar-refractivity contribution in [1.29, 1.82) is 0 Å². The predicted octanol–water partition coefficient (Wildman–Crippen LogP) is 4.01. The molecule has 0 aliphatic rings. The largest absolute Gasteiger partial charge is 0.508 e. The minimum absolute atomic E-state index is 0.00157. The topological polar surface area (TPSA) is 32.3 Å². The first-order chi connectivity index (χ1) is 8.54. The van der Waals surface area contributed by atoms with Crippen LogP contribution in [-0.4, -0.2) is 5.11 Å². The quantitative estimate of drug-likeness (QED) is 0.856. The van der Waals surface area contributed by atoms with Crippen molar-refractivity contribution in [2.24, 2.45) is 0 Å². The number of anilines is 1. The number of nitrogens with one attached hydrogen (secondary N) is 1. The second-order valence-electron chi connectivity index (χ2n) is 4.48. The van der Waals surface area contributed by atoms with Crippen LogP contribution in [0.2, 0.25) is 0 Å². The molecular weight excluding hydrogens is 229 g/mol. The highest BCUT2D eigenvalue weighted by atomic mass is 19.1. The zero-order chi connectivity index (χ0) is 13.1. The molecule has 0 aromatic heterocycles. The standard InChI is InChI=1S/C15H16FNO/c1-10-6-13(16)9-14(7-10)17-11(2)12-4-3-5-15(18)8-12/h3-9,11,17-18H,1-2H3. The van der Waals surface area contributed by atoms with Crippen LogP contribution < -0.4 is 5.32 Å². The molecule has 0 aliphatic heterocycles. The van der Waals surface area contributed by atoms with Crippen LogP contribution in [0.5, 0.6) is 5.75 Å². The smallest absolute Gasteiger partial charge is 0.125 e. The first kappa shape index (κ1) is 12.4. The summed E-state index contributed by atoms with van der Waals surface area (Å²) in [6.45, 7) is 3.82. The third kappa shape index (κ3) is 3.00. The molecule has 1 unspecified atom stereocenters. The summed E-state index contributed by atoms with van der Waals surface area (Å²) < 4.78 is 13.3. The lowest BCUT2D eigenvalue weighted by molar-refractivity contribution is 0.474. The van der Waals surface area contributed by atoms with E-state index in [2.05, 4.69) is 5.32 Å². The van der Waals surface area contributed by atoms with E-state index in [9.17, 15) is 9.50 Å². The summed E-state index contributed by atoms with van der Waals surface area (Å²) in [5, 5.41) is 12.6. The molecule has 2 aromatic carbocycles. The Hall–Kier alpha value is -2.03. The van der Waals surface area contributed by atoms with Gasteiger partial charge in [0.15, 0.2) is 0 Å². The van der Waals surface area contributed by atoms with Gasteiger partial charge in [-0.05, 0) is 55.3 Å². The number of phenols is 1. The lowest BCUT2D eigenvalue weighted by Crippen LogP contribution is -2.06. The zero-order valence-electron chi connectivity index (χ0n) is 10.4. The van der Waals surface area contributed by atoms with Crippen molar-refractivity contribution in [3.8, 4) is 5.75 Å². The van der Waals surface area contributed by atoms with Gasteiger partial charge in [0, 0.05) is 11.7 Å². The van der Waals surface area contributed by atoms with E-state index in [1.54, 1.807) is 18.2 Å². The number of hydrogen-bond donors (Lipinski definition) is 2. The summed E-state index contributed by atoms with van der Waals surface area (Å²) >= 11 is 0. The van der Waals surface area contributed by atoms with E-state index >= 15 is 0 Å². The molecule has 0 radical (unpaired) electrons. The molecule has 2 aromatic rings. The van der Waals surface area contributed by atoms with Crippen LogP contribution in [0.3, 0.4) is 0 Å². The molecule has 1 atom stereocenters. The monoisotopic (exact) mass is 245 g/mol. The highest BCUT2D eigenvalue weighted by Crippen LogP contribution is 2.23. The Morgan fingerprint density at radius 3 is 2.61 bits per heavy atom. The number of aryl methyl sites for hydroxylation is 1. The van der Waals surface area contributed by atoms with Gasteiger partial charge in [0.1, 0.15) is 11.6 Å². The maximum atomic E-state index is 13.3. The van der Waals surface area contributed by atoms with Crippen LogP contribution in [0.1, 0.15) is 24.1 Å². The molecule has 2 rings (SSSR count). The van der Waals surface area contributed by atoms with E-state index in [4.69, 9.17) is 0 Å². The summed E-state index contributed by atoms with van der Waals surface area (Å²) in [6.07, 6.45) is 0. The fourth-order valence-electron chi connectivity index (χ4n) is 1.95. The van der Waals surface area contributed by atoms with E-state index in [1.807, 2.05) is 26.0 Å². The molecule has 3 heteroatoms. The van der Waals surface area contributed by atoms with Gasteiger partial charge in [-0.15, -0.1) is 0 Å². The molecule has 94 valence electrons. The molecule has 0 saturated heterocycles. The van der Waals surface area contributed by atoms with Crippen LogP contribution in [0.4, 0.5) is 10.1 Å². The van der Waals surface area contributed by atoms with Gasteiger partial charge < -0.3 is 10.4 Å². The molecule has 2 N–H and O–H groups in total. The number of benzene rings is 2. The highest BCUT2D eigenvalue weighted by Gasteiger charge is 2.07. The van der Waals surface area contributed by atoms with E-state index in [1.165, 1.54) is 12.1 Å². The minimum Gasteiger partial charge on any atom is -0.508 e. The van der Waals surface area contributed by atoms with Gasteiger partial charge in [0.25, 0.3) is 0 Å². The average Bonchev–Trinajstić information content (AvgIpc) is 2.27. The van der Waals surface area contributed by atoms with E-state index < -0.39 is 0 Å². The van der Waals surface area contributed by atoms with E-state index in [0.717, 1.165) is 16.8 Å². The van der Waals surface area contributed by atoms with Crippen LogP contribution in [0.15, 0.2) is 42.5 Å². The second-order valence-corrected chi connectivity index (χ2v) is 4.48. The molecule has 2 nitrogen and oxygen atoms in total. The Bertz CT molecular complexity index is 534. The zero-order valence-corrected chi connectivity index (χ0v) is 10.4. The SMILES string of the molecule is Cc1cc(F)cc(NC(C)c2cccc(O)c2)c1. The van der Waals surface area contributed by atoms with Gasteiger partial charge in [-0.1, -0.05) is 12.1 Å². The van der Waals surface area contributed by atoms with Crippen molar-refractivity contribution in [1.82, 2.24) is 0 Å². The van der Waals surface area contributed by atoms with Crippen molar-refractivity contribution in [2.45, 2.75) is 19.9 Å². The third-order valence-electron chi connectivity index (χ3n) is 2.80. The lowest BCUT2D eigenvalue weighted by Gasteiger charge is -2.16. The van der Waals surface area contributed by atoms with Crippen molar-refractivity contribution in [3.05, 3.63) is 59.4 Å². The lowest BCUT2D eigenvalue weighted by atomic mass is 10.1. The highest BCUT2D eigenvalue weighted by molar-refractivity contribution is 5.48. The maximum absolute atomic E-state index is 13.3. The summed E-state index contributed by atoms with van der Waals surface area (Å²) in [5.74, 6) is -0.0165. The summed E-state index contributed by atoms with van der Waals surface area (Å²) in [4.78, 5) is 0. The second kappa shape index (κ2) is 5.08. The van der Waals surface area contributed by atoms with E-state index in [0.29, 0.717) is 0 Å². The van der Waals surface area contributed by atoms with Gasteiger partial charge in [-0.25, -0.2) is 4.39 Å². The molecule has 0 fully saturated rings. The minimum atomic E-state index is -0.249. The van der Waals surface area contributed by atoms with Gasteiger partial charge in [0.05, 0.1) is 0 Å². The Morgan fingerprint density at radius 1 is 1.17 bits per heavy atom. The fourth-order valence-corrected chi connectivity index (χ4v) is 1.95. The molecule has 0 saturated carbocycles.